The van der Waals surface area contributed by atoms with Crippen LogP contribution in [0.25, 0.3) is 0 Å². The molecule has 2 heteroatoms. The van der Waals surface area contributed by atoms with Crippen LogP contribution in [0.2, 0.25) is 0 Å². The van der Waals surface area contributed by atoms with Gasteiger partial charge >= 0.3 is 0 Å². The molecule has 2 nitrogen and oxygen atoms in total. The maximum atomic E-state index is 6.46. The van der Waals surface area contributed by atoms with Gasteiger partial charge in [-0.1, -0.05) is 24.3 Å². The van der Waals surface area contributed by atoms with Gasteiger partial charge in [-0.25, -0.2) is 0 Å². The van der Waals surface area contributed by atoms with Crippen LogP contribution < -0.4 is 5.73 Å². The lowest BCUT2D eigenvalue weighted by Crippen LogP contribution is -2.18. The van der Waals surface area contributed by atoms with Gasteiger partial charge in [-0.3, -0.25) is 4.98 Å². The molecular formula is C18H22N2. The summed E-state index contributed by atoms with van der Waals surface area (Å²) in [6.07, 6.45) is 8.54. The second-order valence-corrected chi connectivity index (χ2v) is 5.86. The van der Waals surface area contributed by atoms with Crippen molar-refractivity contribution in [1.82, 2.24) is 4.98 Å². The maximum Gasteiger partial charge on any atom is 0.0304 e. The molecule has 0 amide bonds. The largest absolute Gasteiger partial charge is 0.324 e. The molecule has 1 aromatic carbocycles. The first kappa shape index (κ1) is 13.3. The highest BCUT2D eigenvalue weighted by Gasteiger charge is 2.22. The number of hydrogen-bond donors (Lipinski definition) is 1. The summed E-state index contributed by atoms with van der Waals surface area (Å²) in [6.45, 7) is 2.09. The predicted molar refractivity (Wildman–Crippen MR) is 82.6 cm³/mol. The molecule has 0 bridgehead atoms. The van der Waals surface area contributed by atoms with Crippen LogP contribution in [0.5, 0.6) is 0 Å². The summed E-state index contributed by atoms with van der Waals surface area (Å²) in [5, 5.41) is 0. The summed E-state index contributed by atoms with van der Waals surface area (Å²) in [4.78, 5) is 4.15. The molecule has 2 aromatic rings. The van der Waals surface area contributed by atoms with Gasteiger partial charge in [-0.15, -0.1) is 0 Å². The van der Waals surface area contributed by atoms with E-state index in [1.165, 1.54) is 41.5 Å². The fourth-order valence-corrected chi connectivity index (χ4v) is 3.43. The van der Waals surface area contributed by atoms with Gasteiger partial charge < -0.3 is 5.73 Å². The van der Waals surface area contributed by atoms with Gasteiger partial charge in [0.1, 0.15) is 0 Å². The van der Waals surface area contributed by atoms with Crippen molar-refractivity contribution in [3.8, 4) is 0 Å². The van der Waals surface area contributed by atoms with Crippen LogP contribution in [-0.4, -0.2) is 4.98 Å². The minimum Gasteiger partial charge on any atom is -0.324 e. The van der Waals surface area contributed by atoms with Gasteiger partial charge in [0.25, 0.3) is 0 Å². The van der Waals surface area contributed by atoms with E-state index in [9.17, 15) is 0 Å². The number of aryl methyl sites for hydroxylation is 2. The third kappa shape index (κ3) is 2.61. The van der Waals surface area contributed by atoms with Crippen molar-refractivity contribution >= 4 is 0 Å². The number of nitrogens with zero attached hydrogens (tertiary/aromatic N) is 1. The zero-order valence-electron chi connectivity index (χ0n) is 12.0. The number of hydrogen-bond acceptors (Lipinski definition) is 2. The summed E-state index contributed by atoms with van der Waals surface area (Å²) >= 11 is 0. The van der Waals surface area contributed by atoms with Crippen molar-refractivity contribution < 1.29 is 0 Å². The third-order valence-corrected chi connectivity index (χ3v) is 4.50. The van der Waals surface area contributed by atoms with Crippen molar-refractivity contribution in [2.45, 2.75) is 44.6 Å². The fraction of sp³-hybridized carbons (Fsp3) is 0.389. The molecule has 20 heavy (non-hydrogen) atoms. The Morgan fingerprint density at radius 3 is 3.00 bits per heavy atom. The Morgan fingerprint density at radius 1 is 1.30 bits per heavy atom. The van der Waals surface area contributed by atoms with E-state index in [-0.39, 0.29) is 6.04 Å². The van der Waals surface area contributed by atoms with Crippen LogP contribution in [-0.2, 0) is 6.42 Å². The van der Waals surface area contributed by atoms with Crippen molar-refractivity contribution in [1.29, 1.82) is 0 Å². The average molecular weight is 266 g/mol. The van der Waals surface area contributed by atoms with E-state index in [1.54, 1.807) is 0 Å². The Labute approximate surface area is 121 Å². The summed E-state index contributed by atoms with van der Waals surface area (Å²) < 4.78 is 0. The van der Waals surface area contributed by atoms with E-state index in [2.05, 4.69) is 42.2 Å². The van der Waals surface area contributed by atoms with Gasteiger partial charge in [0.2, 0.25) is 0 Å². The molecule has 0 fully saturated rings. The van der Waals surface area contributed by atoms with E-state index >= 15 is 0 Å². The van der Waals surface area contributed by atoms with Gasteiger partial charge in [0.15, 0.2) is 0 Å². The molecule has 1 aromatic heterocycles. The zero-order chi connectivity index (χ0) is 13.9. The van der Waals surface area contributed by atoms with Crippen LogP contribution in [0.15, 0.2) is 42.7 Å². The SMILES string of the molecule is Cc1cnccc1C(N)CC1CCCc2ccccc21. The van der Waals surface area contributed by atoms with Gasteiger partial charge in [-0.05, 0) is 66.8 Å². The number of fused-ring (bicyclic) bond motifs is 1. The van der Waals surface area contributed by atoms with Gasteiger partial charge in [-0.2, -0.15) is 0 Å². The number of aromatic nitrogens is 1. The van der Waals surface area contributed by atoms with E-state index in [0.717, 1.165) is 6.42 Å². The Hall–Kier alpha value is -1.67. The molecule has 2 N–H and O–H groups in total. The molecule has 104 valence electrons. The first-order valence-electron chi connectivity index (χ1n) is 7.49. The van der Waals surface area contributed by atoms with Crippen molar-refractivity contribution in [3.63, 3.8) is 0 Å². The molecule has 0 saturated heterocycles. The fourth-order valence-electron chi connectivity index (χ4n) is 3.43. The van der Waals surface area contributed by atoms with Crippen LogP contribution in [0.1, 0.15) is 53.5 Å². The highest BCUT2D eigenvalue weighted by Crippen LogP contribution is 2.37. The lowest BCUT2D eigenvalue weighted by atomic mass is 9.78. The van der Waals surface area contributed by atoms with Crippen LogP contribution in [0.3, 0.4) is 0 Å². The Morgan fingerprint density at radius 2 is 2.15 bits per heavy atom. The second-order valence-electron chi connectivity index (χ2n) is 5.86. The Balaban J connectivity index is 1.81. The summed E-state index contributed by atoms with van der Waals surface area (Å²) in [6, 6.07) is 11.0. The van der Waals surface area contributed by atoms with E-state index in [1.807, 2.05) is 12.4 Å². The number of benzene rings is 1. The monoisotopic (exact) mass is 266 g/mol. The molecule has 1 heterocycles. The quantitative estimate of drug-likeness (QED) is 0.915. The van der Waals surface area contributed by atoms with E-state index in [0.29, 0.717) is 5.92 Å². The number of pyridine rings is 1. The minimum absolute atomic E-state index is 0.106. The van der Waals surface area contributed by atoms with Crippen LogP contribution in [0.4, 0.5) is 0 Å². The topological polar surface area (TPSA) is 38.9 Å². The normalized spacial score (nSPS) is 19.4. The van der Waals surface area contributed by atoms with Gasteiger partial charge in [0.05, 0.1) is 0 Å². The lowest BCUT2D eigenvalue weighted by Gasteiger charge is -2.28. The van der Waals surface area contributed by atoms with Crippen molar-refractivity contribution in [2.75, 3.05) is 0 Å². The molecule has 0 aliphatic heterocycles. The standard InChI is InChI=1S/C18H22N2/c1-13-12-20-10-9-16(13)18(19)11-15-7-4-6-14-5-2-3-8-17(14)15/h2-3,5,8-10,12,15,18H,4,6-7,11,19H2,1H3. The van der Waals surface area contributed by atoms with Gasteiger partial charge in [0, 0.05) is 18.4 Å². The van der Waals surface area contributed by atoms with E-state index in [4.69, 9.17) is 5.73 Å². The van der Waals surface area contributed by atoms with Crippen molar-refractivity contribution in [3.05, 3.63) is 65.0 Å². The highest BCUT2D eigenvalue weighted by atomic mass is 14.7. The predicted octanol–water partition coefficient (Wildman–Crippen LogP) is 3.90. The Kier molecular flexibility index (Phi) is 3.83. The maximum absolute atomic E-state index is 6.46. The molecule has 0 saturated carbocycles. The summed E-state index contributed by atoms with van der Waals surface area (Å²) in [7, 11) is 0. The average Bonchev–Trinajstić information content (AvgIpc) is 2.48. The number of rotatable bonds is 3. The summed E-state index contributed by atoms with van der Waals surface area (Å²) in [5.41, 5.74) is 11.9. The molecular weight excluding hydrogens is 244 g/mol. The second kappa shape index (κ2) is 5.76. The molecule has 3 rings (SSSR count). The molecule has 0 radical (unpaired) electrons. The molecule has 1 aliphatic rings. The van der Waals surface area contributed by atoms with E-state index < -0.39 is 0 Å². The molecule has 1 aliphatic carbocycles. The first-order chi connectivity index (χ1) is 9.75. The smallest absolute Gasteiger partial charge is 0.0304 e. The Bertz CT molecular complexity index is 591. The molecule has 2 atom stereocenters. The van der Waals surface area contributed by atoms with Crippen LogP contribution in [0, 0.1) is 6.92 Å². The van der Waals surface area contributed by atoms with Crippen LogP contribution >= 0.6 is 0 Å². The minimum atomic E-state index is 0.106. The highest BCUT2D eigenvalue weighted by molar-refractivity contribution is 5.33. The lowest BCUT2D eigenvalue weighted by molar-refractivity contribution is 0.475. The zero-order valence-corrected chi connectivity index (χ0v) is 12.0. The van der Waals surface area contributed by atoms with Crippen molar-refractivity contribution in [2.24, 2.45) is 5.73 Å². The summed E-state index contributed by atoms with van der Waals surface area (Å²) in [5.74, 6) is 0.600. The molecule has 0 spiro atoms. The third-order valence-electron chi connectivity index (χ3n) is 4.50. The molecule has 2 unspecified atom stereocenters. The first-order valence-corrected chi connectivity index (χ1v) is 7.49. The number of nitrogens with two attached hydrogens (primary N) is 1.